The Balaban J connectivity index is 2.13. The van der Waals surface area contributed by atoms with E-state index in [-0.39, 0.29) is 24.4 Å². The van der Waals surface area contributed by atoms with Crippen molar-refractivity contribution in [1.29, 1.82) is 0 Å². The summed E-state index contributed by atoms with van der Waals surface area (Å²) in [4.78, 5) is 26.1. The number of rotatable bonds is 6. The predicted octanol–water partition coefficient (Wildman–Crippen LogP) is 1.30. The summed E-state index contributed by atoms with van der Waals surface area (Å²) in [5.74, 6) is 0.402. The van der Waals surface area contributed by atoms with Crippen LogP contribution < -0.4 is 20.3 Å². The minimum absolute atomic E-state index is 0.0361. The average Bonchev–Trinajstić information content (AvgIpc) is 2.58. The minimum Gasteiger partial charge on any atom is -0.477 e. The summed E-state index contributed by atoms with van der Waals surface area (Å²) in [5, 5.41) is 5.63. The molecule has 23 heavy (non-hydrogen) atoms. The number of ether oxygens (including phenoxy) is 1. The first-order valence-corrected chi connectivity index (χ1v) is 8.10. The van der Waals surface area contributed by atoms with Gasteiger partial charge < -0.3 is 20.3 Å². The summed E-state index contributed by atoms with van der Waals surface area (Å²) in [6, 6.07) is 7.66. The number of nitrogens with one attached hydrogen (secondary N) is 2. The van der Waals surface area contributed by atoms with Gasteiger partial charge >= 0.3 is 0 Å². The van der Waals surface area contributed by atoms with E-state index in [0.717, 1.165) is 18.5 Å². The lowest BCUT2D eigenvalue weighted by molar-refractivity contribution is -0.127. The van der Waals surface area contributed by atoms with Gasteiger partial charge in [0.15, 0.2) is 6.10 Å². The number of fused-ring (bicyclic) bond motifs is 1. The van der Waals surface area contributed by atoms with E-state index in [1.165, 1.54) is 0 Å². The molecule has 0 radical (unpaired) electrons. The van der Waals surface area contributed by atoms with E-state index >= 15 is 0 Å². The zero-order valence-corrected chi connectivity index (χ0v) is 14.0. The molecule has 0 unspecified atom stereocenters. The van der Waals surface area contributed by atoms with Crippen LogP contribution in [0.4, 0.5) is 5.69 Å². The van der Waals surface area contributed by atoms with Crippen LogP contribution in [0.5, 0.6) is 5.75 Å². The third kappa shape index (κ3) is 4.15. The van der Waals surface area contributed by atoms with Crippen molar-refractivity contribution in [2.24, 2.45) is 0 Å². The molecule has 1 aromatic rings. The summed E-state index contributed by atoms with van der Waals surface area (Å²) in [6.45, 7) is 4.68. The van der Waals surface area contributed by atoms with E-state index in [1.54, 1.807) is 7.05 Å². The molecule has 6 nitrogen and oxygen atoms in total. The zero-order valence-electron chi connectivity index (χ0n) is 14.0. The summed E-state index contributed by atoms with van der Waals surface area (Å²) >= 11 is 0. The quantitative estimate of drug-likeness (QED) is 0.829. The van der Waals surface area contributed by atoms with Crippen molar-refractivity contribution >= 4 is 17.5 Å². The van der Waals surface area contributed by atoms with E-state index in [9.17, 15) is 9.59 Å². The van der Waals surface area contributed by atoms with Gasteiger partial charge in [-0.3, -0.25) is 9.59 Å². The van der Waals surface area contributed by atoms with Gasteiger partial charge in [0.25, 0.3) is 5.91 Å². The van der Waals surface area contributed by atoms with Gasteiger partial charge in [-0.2, -0.15) is 0 Å². The van der Waals surface area contributed by atoms with Crippen molar-refractivity contribution in [2.75, 3.05) is 25.0 Å². The van der Waals surface area contributed by atoms with Crippen LogP contribution in [0, 0.1) is 0 Å². The van der Waals surface area contributed by atoms with E-state index in [0.29, 0.717) is 12.3 Å². The molecule has 6 heteroatoms. The number of anilines is 1. The molecule has 1 aromatic carbocycles. The smallest absolute Gasteiger partial charge is 0.262 e. The number of benzene rings is 1. The Hall–Kier alpha value is -2.24. The van der Waals surface area contributed by atoms with E-state index in [4.69, 9.17) is 4.74 Å². The Morgan fingerprint density at radius 3 is 2.65 bits per heavy atom. The molecule has 0 aliphatic carbocycles. The number of para-hydroxylation sites is 2. The molecule has 1 heterocycles. The highest BCUT2D eigenvalue weighted by atomic mass is 16.5. The lowest BCUT2D eigenvalue weighted by Crippen LogP contribution is -2.51. The van der Waals surface area contributed by atoms with Crippen molar-refractivity contribution in [3.05, 3.63) is 24.3 Å². The van der Waals surface area contributed by atoms with Crippen LogP contribution in [0.25, 0.3) is 0 Å². The van der Waals surface area contributed by atoms with Crippen LogP contribution in [0.3, 0.4) is 0 Å². The van der Waals surface area contributed by atoms with Gasteiger partial charge in [0.2, 0.25) is 5.91 Å². The standard InChI is InChI=1S/C17H25N3O3/c1-4-12(5-2)19-16(21)11-20-10-15(17(22)18-3)23-14-9-7-6-8-13(14)20/h6-9,12,15H,4-5,10-11H2,1-3H3,(H,18,22)(H,19,21)/t15-/m1/s1. The first-order valence-electron chi connectivity index (χ1n) is 8.10. The topological polar surface area (TPSA) is 70.7 Å². The number of hydrogen-bond acceptors (Lipinski definition) is 4. The van der Waals surface area contributed by atoms with Crippen LogP contribution >= 0.6 is 0 Å². The maximum atomic E-state index is 12.3. The summed E-state index contributed by atoms with van der Waals surface area (Å²) in [7, 11) is 1.58. The van der Waals surface area contributed by atoms with Crippen molar-refractivity contribution in [2.45, 2.75) is 38.8 Å². The molecule has 2 amide bonds. The van der Waals surface area contributed by atoms with Crippen LogP contribution in [-0.4, -0.2) is 44.1 Å². The SMILES string of the molecule is CCC(CC)NC(=O)CN1C[C@H](C(=O)NC)Oc2ccccc21. The number of likely N-dealkylation sites (N-methyl/N-ethyl adjacent to an activating group) is 1. The molecule has 2 rings (SSSR count). The first-order chi connectivity index (χ1) is 11.1. The average molecular weight is 319 g/mol. The Morgan fingerprint density at radius 1 is 1.30 bits per heavy atom. The second kappa shape index (κ2) is 7.85. The zero-order chi connectivity index (χ0) is 16.8. The van der Waals surface area contributed by atoms with Crippen molar-refractivity contribution in [3.63, 3.8) is 0 Å². The van der Waals surface area contributed by atoms with Crippen LogP contribution in [-0.2, 0) is 9.59 Å². The molecule has 1 atom stereocenters. The van der Waals surface area contributed by atoms with Gasteiger partial charge in [0, 0.05) is 13.1 Å². The van der Waals surface area contributed by atoms with Crippen molar-refractivity contribution in [3.8, 4) is 5.75 Å². The second-order valence-corrected chi connectivity index (χ2v) is 5.65. The van der Waals surface area contributed by atoms with Gasteiger partial charge in [-0.15, -0.1) is 0 Å². The monoisotopic (exact) mass is 319 g/mol. The number of amides is 2. The van der Waals surface area contributed by atoms with E-state index in [1.807, 2.05) is 29.2 Å². The fourth-order valence-corrected chi connectivity index (χ4v) is 2.69. The van der Waals surface area contributed by atoms with Crippen molar-refractivity contribution < 1.29 is 14.3 Å². The fraction of sp³-hybridized carbons (Fsp3) is 0.529. The Bertz CT molecular complexity index is 558. The van der Waals surface area contributed by atoms with Gasteiger partial charge in [-0.05, 0) is 25.0 Å². The Labute approximate surface area is 137 Å². The Kier molecular flexibility index (Phi) is 5.84. The van der Waals surface area contributed by atoms with E-state index in [2.05, 4.69) is 24.5 Å². The molecule has 0 aromatic heterocycles. The summed E-state index contributed by atoms with van der Waals surface area (Å²) < 4.78 is 5.73. The molecular weight excluding hydrogens is 294 g/mol. The molecule has 0 bridgehead atoms. The molecule has 126 valence electrons. The molecule has 1 aliphatic rings. The lowest BCUT2D eigenvalue weighted by atomic mass is 10.1. The Morgan fingerprint density at radius 2 is 2.00 bits per heavy atom. The molecule has 0 fully saturated rings. The summed E-state index contributed by atoms with van der Waals surface area (Å²) in [5.41, 5.74) is 0.840. The molecule has 0 saturated carbocycles. The van der Waals surface area contributed by atoms with Gasteiger partial charge in [0.1, 0.15) is 5.75 Å². The molecule has 0 spiro atoms. The fourth-order valence-electron chi connectivity index (χ4n) is 2.69. The third-order valence-electron chi connectivity index (χ3n) is 4.09. The van der Waals surface area contributed by atoms with Gasteiger partial charge in [-0.1, -0.05) is 26.0 Å². The normalized spacial score (nSPS) is 16.5. The van der Waals surface area contributed by atoms with Gasteiger partial charge in [0.05, 0.1) is 18.8 Å². The predicted molar refractivity (Wildman–Crippen MR) is 89.7 cm³/mol. The molecule has 2 N–H and O–H groups in total. The maximum Gasteiger partial charge on any atom is 0.262 e. The second-order valence-electron chi connectivity index (χ2n) is 5.65. The largest absolute Gasteiger partial charge is 0.477 e. The number of carbonyl (C=O) groups excluding carboxylic acids is 2. The lowest BCUT2D eigenvalue weighted by Gasteiger charge is -2.35. The van der Waals surface area contributed by atoms with Gasteiger partial charge in [-0.25, -0.2) is 0 Å². The van der Waals surface area contributed by atoms with Crippen LogP contribution in [0.2, 0.25) is 0 Å². The maximum absolute atomic E-state index is 12.3. The first kappa shape index (κ1) is 17.1. The highest BCUT2D eigenvalue weighted by Gasteiger charge is 2.31. The van der Waals surface area contributed by atoms with Crippen molar-refractivity contribution in [1.82, 2.24) is 10.6 Å². The number of hydrogen-bond donors (Lipinski definition) is 2. The highest BCUT2D eigenvalue weighted by molar-refractivity contribution is 5.86. The molecule has 1 aliphatic heterocycles. The highest BCUT2D eigenvalue weighted by Crippen LogP contribution is 2.32. The van der Waals surface area contributed by atoms with E-state index < -0.39 is 6.10 Å². The summed E-state index contributed by atoms with van der Waals surface area (Å²) in [6.07, 6.45) is 1.20. The minimum atomic E-state index is -0.615. The van der Waals surface area contributed by atoms with Crippen LogP contribution in [0.15, 0.2) is 24.3 Å². The third-order valence-corrected chi connectivity index (χ3v) is 4.09. The molecular formula is C17H25N3O3. The number of carbonyl (C=O) groups is 2. The van der Waals surface area contributed by atoms with Crippen LogP contribution in [0.1, 0.15) is 26.7 Å². The number of nitrogens with zero attached hydrogens (tertiary/aromatic N) is 1. The molecule has 0 saturated heterocycles.